The Labute approximate surface area is 159 Å². The minimum Gasteiger partial charge on any atom is -0.457 e. The zero-order chi connectivity index (χ0) is 19.1. The topological polar surface area (TPSA) is 21.4 Å². The minimum absolute atomic E-state index is 0.510. The highest BCUT2D eigenvalue weighted by atomic mass is 16.3. The summed E-state index contributed by atoms with van der Waals surface area (Å²) in [6.45, 7) is 14.0. The van der Waals surface area contributed by atoms with Gasteiger partial charge in [-0.2, -0.15) is 0 Å². The van der Waals surface area contributed by atoms with Crippen molar-refractivity contribution >= 4 is 27.6 Å². The van der Waals surface area contributed by atoms with Gasteiger partial charge in [0, 0.05) is 28.5 Å². The highest BCUT2D eigenvalue weighted by Crippen LogP contribution is 2.38. The number of furan rings is 1. The van der Waals surface area contributed by atoms with Crippen molar-refractivity contribution in [2.45, 2.75) is 27.2 Å². The van der Waals surface area contributed by atoms with Crippen molar-refractivity contribution in [3.05, 3.63) is 71.2 Å². The second-order valence-electron chi connectivity index (χ2n) is 7.65. The largest absolute Gasteiger partial charge is 0.457 e. The molecule has 3 heteroatoms. The minimum atomic E-state index is 0.510. The van der Waals surface area contributed by atoms with E-state index in [1.807, 2.05) is 18.2 Å². The van der Waals surface area contributed by atoms with Crippen molar-refractivity contribution in [1.82, 2.24) is 0 Å². The Hall–Kier alpha value is -3.12. The predicted octanol–water partition coefficient (Wildman–Crippen LogP) is 6.14. The van der Waals surface area contributed by atoms with Crippen LogP contribution in [0.5, 0.6) is 0 Å². The average molecular weight is 355 g/mol. The number of benzene rings is 2. The fourth-order valence-corrected chi connectivity index (χ4v) is 3.87. The standard InChI is InChI=1S/C24H23N2O/c1-15(2)10-17-12-18(25-4)13-23-24(17)20-14-19(16(3)11-22(20)27-23)21-8-6-7-9-26(21)5/h6-9,11-15H,10H2,1-3,5H3/q+1. The van der Waals surface area contributed by atoms with Crippen LogP contribution in [0, 0.1) is 19.4 Å². The SMILES string of the molecule is [C-]#[N+]c1cc(CC(C)C)c2c(c1)oc1cc(C)c(-c3cccc[n+]3C)cc12. The average Bonchev–Trinajstić information content (AvgIpc) is 2.98. The maximum atomic E-state index is 7.42. The summed E-state index contributed by atoms with van der Waals surface area (Å²) in [6.07, 6.45) is 3.00. The molecule has 0 aliphatic carbocycles. The van der Waals surface area contributed by atoms with Gasteiger partial charge in [-0.05, 0) is 54.7 Å². The maximum absolute atomic E-state index is 7.42. The first-order valence-corrected chi connectivity index (χ1v) is 9.30. The summed E-state index contributed by atoms with van der Waals surface area (Å²) in [6, 6.07) is 14.5. The molecule has 0 radical (unpaired) electrons. The second kappa shape index (κ2) is 6.55. The molecule has 0 aliphatic rings. The molecule has 4 rings (SSSR count). The molecule has 0 bridgehead atoms. The van der Waals surface area contributed by atoms with Crippen molar-refractivity contribution in [2.24, 2.45) is 13.0 Å². The fourth-order valence-electron chi connectivity index (χ4n) is 3.87. The maximum Gasteiger partial charge on any atom is 0.212 e. The predicted molar refractivity (Wildman–Crippen MR) is 110 cm³/mol. The van der Waals surface area contributed by atoms with E-state index in [1.54, 1.807) is 0 Å². The third-order valence-electron chi connectivity index (χ3n) is 5.07. The molecule has 134 valence electrons. The summed E-state index contributed by atoms with van der Waals surface area (Å²) < 4.78 is 8.31. The molecule has 0 atom stereocenters. The van der Waals surface area contributed by atoms with Gasteiger partial charge in [-0.15, -0.1) is 0 Å². The summed E-state index contributed by atoms with van der Waals surface area (Å²) in [7, 11) is 2.07. The number of aromatic nitrogens is 1. The molecule has 0 saturated heterocycles. The van der Waals surface area contributed by atoms with Crippen molar-refractivity contribution < 1.29 is 8.98 Å². The van der Waals surface area contributed by atoms with Gasteiger partial charge >= 0.3 is 0 Å². The van der Waals surface area contributed by atoms with Crippen LogP contribution in [0.3, 0.4) is 0 Å². The lowest BCUT2D eigenvalue weighted by atomic mass is 9.95. The number of hydrogen-bond donors (Lipinski definition) is 0. The number of nitrogens with zero attached hydrogens (tertiary/aromatic N) is 2. The molecule has 0 fully saturated rings. The zero-order valence-corrected chi connectivity index (χ0v) is 16.2. The zero-order valence-electron chi connectivity index (χ0n) is 16.2. The van der Waals surface area contributed by atoms with Crippen LogP contribution in [0.25, 0.3) is 38.0 Å². The van der Waals surface area contributed by atoms with E-state index >= 15 is 0 Å². The van der Waals surface area contributed by atoms with Crippen LogP contribution in [-0.2, 0) is 13.5 Å². The first kappa shape index (κ1) is 17.3. The van der Waals surface area contributed by atoms with Gasteiger partial charge in [0.25, 0.3) is 0 Å². The lowest BCUT2D eigenvalue weighted by Gasteiger charge is -2.08. The molecule has 2 aromatic heterocycles. The quantitative estimate of drug-likeness (QED) is 0.320. The highest BCUT2D eigenvalue weighted by Gasteiger charge is 2.18. The van der Waals surface area contributed by atoms with Crippen LogP contribution in [0.15, 0.2) is 53.1 Å². The Kier molecular flexibility index (Phi) is 4.20. The number of rotatable bonds is 3. The Bertz CT molecular complexity index is 1210. The molecule has 0 saturated carbocycles. The highest BCUT2D eigenvalue weighted by molar-refractivity contribution is 6.09. The van der Waals surface area contributed by atoms with Crippen molar-refractivity contribution in [3.8, 4) is 11.3 Å². The molecule has 0 aliphatic heterocycles. The Balaban J connectivity index is 2.06. The van der Waals surface area contributed by atoms with Gasteiger partial charge in [-0.1, -0.05) is 19.9 Å². The second-order valence-corrected chi connectivity index (χ2v) is 7.65. The molecular weight excluding hydrogens is 332 g/mol. The molecule has 4 aromatic rings. The smallest absolute Gasteiger partial charge is 0.212 e. The van der Waals surface area contributed by atoms with Crippen LogP contribution in [0.4, 0.5) is 5.69 Å². The van der Waals surface area contributed by atoms with E-state index in [0.29, 0.717) is 11.6 Å². The van der Waals surface area contributed by atoms with Crippen LogP contribution in [0.2, 0.25) is 0 Å². The van der Waals surface area contributed by atoms with E-state index in [4.69, 9.17) is 11.0 Å². The van der Waals surface area contributed by atoms with E-state index in [-0.39, 0.29) is 0 Å². The van der Waals surface area contributed by atoms with Crippen LogP contribution in [0.1, 0.15) is 25.0 Å². The van der Waals surface area contributed by atoms with Crippen LogP contribution in [-0.4, -0.2) is 0 Å². The van der Waals surface area contributed by atoms with Gasteiger partial charge in [0.1, 0.15) is 18.2 Å². The van der Waals surface area contributed by atoms with Crippen molar-refractivity contribution in [1.29, 1.82) is 0 Å². The van der Waals surface area contributed by atoms with Gasteiger partial charge in [-0.25, -0.2) is 9.41 Å². The summed E-state index contributed by atoms with van der Waals surface area (Å²) in [5, 5.41) is 2.27. The monoisotopic (exact) mass is 355 g/mol. The van der Waals surface area contributed by atoms with E-state index in [2.05, 4.69) is 67.7 Å². The molecule has 0 spiro atoms. The Morgan fingerprint density at radius 2 is 1.93 bits per heavy atom. The van der Waals surface area contributed by atoms with Gasteiger partial charge in [0.2, 0.25) is 5.69 Å². The molecule has 3 nitrogen and oxygen atoms in total. The Morgan fingerprint density at radius 1 is 1.11 bits per heavy atom. The lowest BCUT2D eigenvalue weighted by Crippen LogP contribution is -2.30. The van der Waals surface area contributed by atoms with Crippen molar-refractivity contribution in [3.63, 3.8) is 0 Å². The molecule has 0 N–H and O–H groups in total. The summed E-state index contributed by atoms with van der Waals surface area (Å²) in [5.41, 5.74) is 7.09. The van der Waals surface area contributed by atoms with Crippen LogP contribution < -0.4 is 4.57 Å². The number of pyridine rings is 1. The molecule has 27 heavy (non-hydrogen) atoms. The van der Waals surface area contributed by atoms with E-state index < -0.39 is 0 Å². The first-order valence-electron chi connectivity index (χ1n) is 9.30. The van der Waals surface area contributed by atoms with E-state index in [0.717, 1.165) is 28.4 Å². The first-order chi connectivity index (χ1) is 13.0. The molecule has 0 unspecified atom stereocenters. The molecule has 0 amide bonds. The third kappa shape index (κ3) is 2.98. The van der Waals surface area contributed by atoms with Gasteiger partial charge in [0.05, 0.1) is 6.57 Å². The van der Waals surface area contributed by atoms with Gasteiger partial charge in [0.15, 0.2) is 11.9 Å². The lowest BCUT2D eigenvalue weighted by molar-refractivity contribution is -0.660. The number of fused-ring (bicyclic) bond motifs is 3. The molecule has 2 aromatic carbocycles. The Morgan fingerprint density at radius 3 is 2.63 bits per heavy atom. The third-order valence-corrected chi connectivity index (χ3v) is 5.07. The van der Waals surface area contributed by atoms with Gasteiger partial charge < -0.3 is 4.42 Å². The molecule has 2 heterocycles. The fraction of sp³-hybridized carbons (Fsp3) is 0.250. The number of aryl methyl sites for hydroxylation is 2. The normalized spacial score (nSPS) is 11.4. The van der Waals surface area contributed by atoms with Crippen LogP contribution >= 0.6 is 0 Å². The van der Waals surface area contributed by atoms with Gasteiger partial charge in [-0.3, -0.25) is 0 Å². The number of hydrogen-bond acceptors (Lipinski definition) is 1. The molecular formula is C24H23N2O+. The summed E-state index contributed by atoms with van der Waals surface area (Å²) >= 11 is 0. The van der Waals surface area contributed by atoms with Crippen molar-refractivity contribution in [2.75, 3.05) is 0 Å². The van der Waals surface area contributed by atoms with E-state index in [1.165, 1.54) is 22.4 Å². The van der Waals surface area contributed by atoms with E-state index in [9.17, 15) is 0 Å². The summed E-state index contributed by atoms with van der Waals surface area (Å²) in [5.74, 6) is 0.510. The summed E-state index contributed by atoms with van der Waals surface area (Å²) in [4.78, 5) is 3.64.